The summed E-state index contributed by atoms with van der Waals surface area (Å²) in [4.78, 5) is 0.810. The highest BCUT2D eigenvalue weighted by Crippen LogP contribution is 2.29. The van der Waals surface area contributed by atoms with Gasteiger partial charge < -0.3 is 5.73 Å². The van der Waals surface area contributed by atoms with E-state index in [4.69, 9.17) is 5.73 Å². The first-order valence-electron chi connectivity index (χ1n) is 7.33. The Balaban J connectivity index is 1.77. The van der Waals surface area contributed by atoms with E-state index < -0.39 is 0 Å². The molecule has 1 aromatic carbocycles. The van der Waals surface area contributed by atoms with Gasteiger partial charge in [-0.1, -0.05) is 73.7 Å². The third-order valence-corrected chi connectivity index (χ3v) is 5.86. The van der Waals surface area contributed by atoms with E-state index in [0.29, 0.717) is 5.92 Å². The summed E-state index contributed by atoms with van der Waals surface area (Å²) in [5.74, 6) is 2.01. The van der Waals surface area contributed by atoms with Gasteiger partial charge in [0.2, 0.25) is 4.96 Å². The van der Waals surface area contributed by atoms with Gasteiger partial charge >= 0.3 is 0 Å². The van der Waals surface area contributed by atoms with E-state index in [1.54, 1.807) is 27.6 Å². The number of nitrogens with two attached hydrogens (primary N) is 1. The van der Waals surface area contributed by atoms with Gasteiger partial charge in [-0.25, -0.2) is 0 Å². The van der Waals surface area contributed by atoms with Crippen LogP contribution in [-0.2, 0) is 5.75 Å². The quantitative estimate of drug-likeness (QED) is 0.699. The van der Waals surface area contributed by atoms with Crippen molar-refractivity contribution in [2.45, 2.75) is 36.4 Å². The van der Waals surface area contributed by atoms with E-state index in [2.05, 4.69) is 53.4 Å². The summed E-state index contributed by atoms with van der Waals surface area (Å²) >= 11 is 3.28. The average Bonchev–Trinajstić information content (AvgIpc) is 3.12. The molecule has 2 heterocycles. The molecule has 7 heteroatoms. The van der Waals surface area contributed by atoms with Crippen molar-refractivity contribution in [3.8, 4) is 0 Å². The van der Waals surface area contributed by atoms with Gasteiger partial charge in [0.15, 0.2) is 10.2 Å². The Morgan fingerprint density at radius 1 is 1.27 bits per heavy atom. The zero-order valence-corrected chi connectivity index (χ0v) is 14.3. The molecule has 2 N–H and O–H groups in total. The van der Waals surface area contributed by atoms with Crippen LogP contribution in [0.25, 0.3) is 4.96 Å². The van der Waals surface area contributed by atoms with Crippen LogP contribution in [0.3, 0.4) is 0 Å². The average molecular weight is 333 g/mol. The predicted molar refractivity (Wildman–Crippen MR) is 91.0 cm³/mol. The Labute approximate surface area is 137 Å². The van der Waals surface area contributed by atoms with Crippen LogP contribution in [0.5, 0.6) is 0 Å². The van der Waals surface area contributed by atoms with E-state index in [9.17, 15) is 0 Å². The molecule has 2 atom stereocenters. The van der Waals surface area contributed by atoms with E-state index in [-0.39, 0.29) is 6.04 Å². The molecule has 2 unspecified atom stereocenters. The summed E-state index contributed by atoms with van der Waals surface area (Å²) in [7, 11) is 0. The van der Waals surface area contributed by atoms with Crippen LogP contribution in [-0.4, -0.2) is 19.8 Å². The lowest BCUT2D eigenvalue weighted by Crippen LogP contribution is -2.21. The number of thioether (sulfide) groups is 1. The number of aromatic nitrogens is 4. The van der Waals surface area contributed by atoms with Crippen molar-refractivity contribution in [3.05, 3.63) is 41.7 Å². The minimum absolute atomic E-state index is 0.130. The lowest BCUT2D eigenvalue weighted by Gasteiger charge is -2.15. The maximum atomic E-state index is 6.27. The van der Waals surface area contributed by atoms with Gasteiger partial charge in [0.1, 0.15) is 0 Å². The molecule has 0 aliphatic carbocycles. The molecule has 0 spiro atoms. The second-order valence-electron chi connectivity index (χ2n) is 5.31. The monoisotopic (exact) mass is 333 g/mol. The maximum absolute atomic E-state index is 6.27. The molecule has 3 aromatic rings. The third kappa shape index (κ3) is 3.16. The van der Waals surface area contributed by atoms with Crippen LogP contribution >= 0.6 is 23.1 Å². The second-order valence-corrected chi connectivity index (χ2v) is 7.48. The highest BCUT2D eigenvalue weighted by molar-refractivity contribution is 8.00. The molecule has 0 saturated carbocycles. The van der Waals surface area contributed by atoms with Gasteiger partial charge in [-0.2, -0.15) is 4.52 Å². The van der Waals surface area contributed by atoms with Gasteiger partial charge in [-0.05, 0) is 11.5 Å². The van der Waals surface area contributed by atoms with E-state index in [1.165, 1.54) is 5.56 Å². The van der Waals surface area contributed by atoms with Crippen LogP contribution < -0.4 is 5.73 Å². The van der Waals surface area contributed by atoms with Crippen LogP contribution in [0, 0.1) is 5.92 Å². The lowest BCUT2D eigenvalue weighted by molar-refractivity contribution is 0.431. The first-order valence-corrected chi connectivity index (χ1v) is 9.13. The fourth-order valence-electron chi connectivity index (χ4n) is 2.11. The Hall–Kier alpha value is -1.44. The van der Waals surface area contributed by atoms with Gasteiger partial charge in [0.05, 0.1) is 6.04 Å². The summed E-state index contributed by atoms with van der Waals surface area (Å²) in [6.07, 6.45) is 1.01. The maximum Gasteiger partial charge on any atom is 0.235 e. The normalized spacial score (nSPS) is 14.3. The van der Waals surface area contributed by atoms with Crippen LogP contribution in [0.15, 0.2) is 34.7 Å². The zero-order valence-electron chi connectivity index (χ0n) is 12.6. The molecule has 0 radical (unpaired) electrons. The van der Waals surface area contributed by atoms with Crippen molar-refractivity contribution in [1.82, 2.24) is 19.8 Å². The summed E-state index contributed by atoms with van der Waals surface area (Å²) in [6.45, 7) is 4.26. The number of fused-ring (bicyclic) bond motifs is 1. The van der Waals surface area contributed by atoms with Crippen LogP contribution in [0.1, 0.15) is 37.7 Å². The second kappa shape index (κ2) is 6.76. The fraction of sp³-hybridized carbons (Fsp3) is 0.400. The first kappa shape index (κ1) is 15.5. The molecule has 0 aliphatic heterocycles. The van der Waals surface area contributed by atoms with Crippen molar-refractivity contribution in [1.29, 1.82) is 0 Å². The fourth-order valence-corrected chi connectivity index (χ4v) is 3.95. The topological polar surface area (TPSA) is 69.1 Å². The summed E-state index contributed by atoms with van der Waals surface area (Å²) in [5.41, 5.74) is 7.56. The van der Waals surface area contributed by atoms with Crippen LogP contribution in [0.2, 0.25) is 0 Å². The molecule has 22 heavy (non-hydrogen) atoms. The smallest absolute Gasteiger partial charge is 0.235 e. The number of hydrogen-bond acceptors (Lipinski definition) is 6. The molecule has 116 valence electrons. The molecular formula is C15H19N5S2. The molecule has 0 amide bonds. The van der Waals surface area contributed by atoms with Crippen molar-refractivity contribution in [2.75, 3.05) is 0 Å². The number of nitrogens with zero attached hydrogens (tertiary/aromatic N) is 4. The molecule has 2 aromatic heterocycles. The SMILES string of the molecule is CCC(C)C(N)c1nnc2sc(SCc3ccccc3)nn12. The minimum atomic E-state index is -0.130. The Morgan fingerprint density at radius 2 is 2.05 bits per heavy atom. The molecule has 0 bridgehead atoms. The summed E-state index contributed by atoms with van der Waals surface area (Å²) in [6, 6.07) is 10.2. The Morgan fingerprint density at radius 3 is 2.77 bits per heavy atom. The largest absolute Gasteiger partial charge is 0.321 e. The highest BCUT2D eigenvalue weighted by atomic mass is 32.2. The predicted octanol–water partition coefficient (Wildman–Crippen LogP) is 3.52. The molecule has 5 nitrogen and oxygen atoms in total. The molecule has 0 saturated heterocycles. The zero-order chi connectivity index (χ0) is 15.5. The Kier molecular flexibility index (Phi) is 4.75. The molecular weight excluding hydrogens is 314 g/mol. The number of rotatable bonds is 6. The van der Waals surface area contributed by atoms with Gasteiger partial charge in [-0.15, -0.1) is 15.3 Å². The summed E-state index contributed by atoms with van der Waals surface area (Å²) in [5, 5.41) is 13.0. The van der Waals surface area contributed by atoms with Crippen molar-refractivity contribution in [3.63, 3.8) is 0 Å². The van der Waals surface area contributed by atoms with Gasteiger partial charge in [-0.3, -0.25) is 0 Å². The molecule has 0 aliphatic rings. The van der Waals surface area contributed by atoms with Gasteiger partial charge in [0, 0.05) is 5.75 Å². The molecule has 0 fully saturated rings. The van der Waals surface area contributed by atoms with Crippen molar-refractivity contribution < 1.29 is 0 Å². The number of benzene rings is 1. The third-order valence-electron chi connectivity index (χ3n) is 3.76. The van der Waals surface area contributed by atoms with Crippen molar-refractivity contribution in [2.24, 2.45) is 11.7 Å². The highest BCUT2D eigenvalue weighted by Gasteiger charge is 2.21. The standard InChI is InChI=1S/C15H19N5S2/c1-3-10(2)12(16)13-17-18-14-20(13)19-15(22-14)21-9-11-7-5-4-6-8-11/h4-8,10,12H,3,9,16H2,1-2H3. The van der Waals surface area contributed by atoms with Gasteiger partial charge in [0.25, 0.3) is 0 Å². The first-order chi connectivity index (χ1) is 10.7. The minimum Gasteiger partial charge on any atom is -0.321 e. The van der Waals surface area contributed by atoms with E-state index >= 15 is 0 Å². The Bertz CT molecular complexity index is 737. The van der Waals surface area contributed by atoms with Crippen molar-refractivity contribution >= 4 is 28.1 Å². The molecule has 3 rings (SSSR count). The summed E-state index contributed by atoms with van der Waals surface area (Å²) < 4.78 is 2.79. The van der Waals surface area contributed by atoms with Crippen LogP contribution in [0.4, 0.5) is 0 Å². The van der Waals surface area contributed by atoms with E-state index in [0.717, 1.165) is 27.3 Å². The number of hydrogen-bond donors (Lipinski definition) is 1. The lowest BCUT2D eigenvalue weighted by atomic mass is 10.00. The van der Waals surface area contributed by atoms with E-state index in [1.807, 2.05) is 6.07 Å².